The monoisotopic (exact) mass is 318 g/mol. The first-order valence-corrected chi connectivity index (χ1v) is 6.49. The van der Waals surface area contributed by atoms with E-state index in [1.807, 2.05) is 0 Å². The first kappa shape index (κ1) is 16.1. The molecule has 0 aliphatic rings. The molecular formula is C15H14N2O6. The molecule has 23 heavy (non-hydrogen) atoms. The zero-order chi connectivity index (χ0) is 16.8. The number of nitrogens with zero attached hydrogens (tertiary/aromatic N) is 1. The number of amides is 1. The van der Waals surface area contributed by atoms with Crippen molar-refractivity contribution in [3.8, 4) is 17.2 Å². The van der Waals surface area contributed by atoms with Crippen molar-refractivity contribution in [2.45, 2.75) is 0 Å². The number of nitro benzene ring substituents is 1. The molecule has 2 aromatic rings. The number of rotatable bonds is 5. The van der Waals surface area contributed by atoms with Crippen LogP contribution in [0.15, 0.2) is 42.5 Å². The number of nitrogens with one attached hydrogen (secondary N) is 1. The molecule has 0 unspecified atom stereocenters. The van der Waals surface area contributed by atoms with Crippen LogP contribution in [0, 0.1) is 10.1 Å². The number of benzene rings is 2. The van der Waals surface area contributed by atoms with Crippen LogP contribution in [-0.2, 0) is 0 Å². The molecule has 0 aliphatic carbocycles. The van der Waals surface area contributed by atoms with E-state index in [1.54, 1.807) is 24.3 Å². The number of anilines is 1. The topological polar surface area (TPSA) is 99.9 Å². The molecule has 0 aromatic heterocycles. The molecule has 2 aromatic carbocycles. The summed E-state index contributed by atoms with van der Waals surface area (Å²) < 4.78 is 15.1. The number of nitro groups is 1. The molecule has 0 bridgehead atoms. The first-order valence-electron chi connectivity index (χ1n) is 6.49. The van der Waals surface area contributed by atoms with Gasteiger partial charge in [-0.3, -0.25) is 15.4 Å². The number of hydrogen-bond donors (Lipinski definition) is 1. The fourth-order valence-electron chi connectivity index (χ4n) is 1.79. The highest BCUT2D eigenvalue weighted by molar-refractivity contribution is 5.88. The summed E-state index contributed by atoms with van der Waals surface area (Å²) >= 11 is 0. The molecule has 0 radical (unpaired) electrons. The van der Waals surface area contributed by atoms with Crippen LogP contribution >= 0.6 is 0 Å². The highest BCUT2D eigenvalue weighted by atomic mass is 16.6. The Morgan fingerprint density at radius 2 is 1.70 bits per heavy atom. The van der Waals surface area contributed by atoms with Gasteiger partial charge in [0.05, 0.1) is 24.8 Å². The van der Waals surface area contributed by atoms with Gasteiger partial charge in [0.2, 0.25) is 0 Å². The van der Waals surface area contributed by atoms with Crippen LogP contribution in [-0.4, -0.2) is 25.2 Å². The van der Waals surface area contributed by atoms with Gasteiger partial charge in [0, 0.05) is 12.1 Å². The summed E-state index contributed by atoms with van der Waals surface area (Å²) in [4.78, 5) is 22.1. The predicted octanol–water partition coefficient (Wildman–Crippen LogP) is 3.22. The van der Waals surface area contributed by atoms with Crippen LogP contribution in [0.2, 0.25) is 0 Å². The molecule has 0 fully saturated rings. The van der Waals surface area contributed by atoms with Crippen LogP contribution < -0.4 is 19.5 Å². The molecule has 1 amide bonds. The summed E-state index contributed by atoms with van der Waals surface area (Å²) in [6.07, 6.45) is -0.797. The Balaban J connectivity index is 2.12. The molecule has 0 spiro atoms. The summed E-state index contributed by atoms with van der Waals surface area (Å²) in [6.45, 7) is 0. The van der Waals surface area contributed by atoms with Crippen LogP contribution in [0.4, 0.5) is 16.2 Å². The Bertz CT molecular complexity index is 714. The Kier molecular flexibility index (Phi) is 4.98. The van der Waals surface area contributed by atoms with Gasteiger partial charge in [-0.15, -0.1) is 0 Å². The van der Waals surface area contributed by atoms with Crippen molar-refractivity contribution < 1.29 is 23.9 Å². The third kappa shape index (κ3) is 4.10. The van der Waals surface area contributed by atoms with Gasteiger partial charge in [-0.1, -0.05) is 0 Å². The summed E-state index contributed by atoms with van der Waals surface area (Å²) in [5, 5.41) is 13.2. The van der Waals surface area contributed by atoms with Gasteiger partial charge in [0.15, 0.2) is 0 Å². The molecule has 0 atom stereocenters. The van der Waals surface area contributed by atoms with Crippen LogP contribution in [0.25, 0.3) is 0 Å². The second-order valence-electron chi connectivity index (χ2n) is 4.33. The Morgan fingerprint density at radius 1 is 1.04 bits per heavy atom. The molecule has 2 rings (SSSR count). The van der Waals surface area contributed by atoms with E-state index in [4.69, 9.17) is 14.2 Å². The number of hydrogen-bond acceptors (Lipinski definition) is 6. The molecule has 120 valence electrons. The molecule has 0 saturated heterocycles. The molecule has 0 heterocycles. The highest BCUT2D eigenvalue weighted by Crippen LogP contribution is 2.29. The maximum absolute atomic E-state index is 11.9. The Labute approximate surface area is 131 Å². The Morgan fingerprint density at radius 3 is 2.26 bits per heavy atom. The summed E-state index contributed by atoms with van der Waals surface area (Å²) in [6, 6.07) is 10.2. The maximum atomic E-state index is 11.9. The lowest BCUT2D eigenvalue weighted by molar-refractivity contribution is -0.384. The minimum absolute atomic E-state index is 0.139. The van der Waals surface area contributed by atoms with E-state index in [1.165, 1.54) is 32.4 Å². The normalized spacial score (nSPS) is 9.83. The quantitative estimate of drug-likeness (QED) is 0.671. The van der Waals surface area contributed by atoms with Crippen molar-refractivity contribution in [3.05, 3.63) is 52.6 Å². The number of ether oxygens (including phenoxy) is 3. The number of non-ortho nitro benzene ring substituents is 1. The predicted molar refractivity (Wildman–Crippen MR) is 82.3 cm³/mol. The van der Waals surface area contributed by atoms with E-state index in [0.717, 1.165) is 0 Å². The zero-order valence-corrected chi connectivity index (χ0v) is 12.4. The van der Waals surface area contributed by atoms with Gasteiger partial charge in [-0.05, 0) is 30.3 Å². The second-order valence-corrected chi connectivity index (χ2v) is 4.33. The largest absolute Gasteiger partial charge is 0.497 e. The molecule has 0 aliphatic heterocycles. The van der Waals surface area contributed by atoms with Gasteiger partial charge in [0.1, 0.15) is 17.2 Å². The third-order valence-corrected chi connectivity index (χ3v) is 2.90. The van der Waals surface area contributed by atoms with Crippen LogP contribution in [0.1, 0.15) is 0 Å². The van der Waals surface area contributed by atoms with E-state index in [0.29, 0.717) is 11.5 Å². The standard InChI is InChI=1S/C15H14N2O6/c1-21-11-4-6-12(7-5-11)23-15(18)16-13-9-10(17(19)20)3-8-14(13)22-2/h3-9H,1-2H3,(H,16,18). The lowest BCUT2D eigenvalue weighted by atomic mass is 10.2. The van der Waals surface area contributed by atoms with Crippen molar-refractivity contribution in [3.63, 3.8) is 0 Å². The number of carbonyl (C=O) groups excluding carboxylic acids is 1. The molecule has 0 saturated carbocycles. The van der Waals surface area contributed by atoms with E-state index in [9.17, 15) is 14.9 Å². The summed E-state index contributed by atoms with van der Waals surface area (Å²) in [5.41, 5.74) is -0.0363. The second kappa shape index (κ2) is 7.12. The van der Waals surface area contributed by atoms with E-state index < -0.39 is 11.0 Å². The third-order valence-electron chi connectivity index (χ3n) is 2.90. The van der Waals surface area contributed by atoms with E-state index >= 15 is 0 Å². The molecular weight excluding hydrogens is 304 g/mol. The summed E-state index contributed by atoms with van der Waals surface area (Å²) in [5.74, 6) is 1.20. The first-order chi connectivity index (χ1) is 11.0. The highest BCUT2D eigenvalue weighted by Gasteiger charge is 2.14. The maximum Gasteiger partial charge on any atom is 0.417 e. The van der Waals surface area contributed by atoms with Gasteiger partial charge in [-0.25, -0.2) is 4.79 Å². The van der Waals surface area contributed by atoms with Crippen molar-refractivity contribution in [1.82, 2.24) is 0 Å². The number of methoxy groups -OCH3 is 2. The smallest absolute Gasteiger partial charge is 0.417 e. The van der Waals surface area contributed by atoms with Crippen molar-refractivity contribution in [2.24, 2.45) is 0 Å². The fourth-order valence-corrected chi connectivity index (χ4v) is 1.79. The van der Waals surface area contributed by atoms with Gasteiger partial charge in [-0.2, -0.15) is 0 Å². The minimum atomic E-state index is -0.797. The SMILES string of the molecule is COc1ccc(OC(=O)Nc2cc([N+](=O)[O-])ccc2OC)cc1. The van der Waals surface area contributed by atoms with Gasteiger partial charge in [0.25, 0.3) is 5.69 Å². The number of carbonyl (C=O) groups is 1. The zero-order valence-electron chi connectivity index (χ0n) is 12.4. The minimum Gasteiger partial charge on any atom is -0.497 e. The summed E-state index contributed by atoms with van der Waals surface area (Å²) in [7, 11) is 2.91. The molecule has 8 heteroatoms. The lowest BCUT2D eigenvalue weighted by Gasteiger charge is -2.10. The lowest BCUT2D eigenvalue weighted by Crippen LogP contribution is -2.17. The van der Waals surface area contributed by atoms with Gasteiger partial charge >= 0.3 is 6.09 Å². The van der Waals surface area contributed by atoms with Crippen molar-refractivity contribution in [1.29, 1.82) is 0 Å². The van der Waals surface area contributed by atoms with Crippen molar-refractivity contribution >= 4 is 17.5 Å². The van der Waals surface area contributed by atoms with E-state index in [-0.39, 0.29) is 17.1 Å². The van der Waals surface area contributed by atoms with Crippen molar-refractivity contribution in [2.75, 3.05) is 19.5 Å². The Hall–Kier alpha value is -3.29. The van der Waals surface area contributed by atoms with E-state index in [2.05, 4.69) is 5.32 Å². The molecule has 8 nitrogen and oxygen atoms in total. The van der Waals surface area contributed by atoms with Gasteiger partial charge < -0.3 is 14.2 Å². The fraction of sp³-hybridized carbons (Fsp3) is 0.133. The average molecular weight is 318 g/mol. The van der Waals surface area contributed by atoms with Crippen LogP contribution in [0.3, 0.4) is 0 Å². The molecule has 1 N–H and O–H groups in total. The average Bonchev–Trinajstić information content (AvgIpc) is 2.55. The van der Waals surface area contributed by atoms with Crippen LogP contribution in [0.5, 0.6) is 17.2 Å².